The zero-order valence-corrected chi connectivity index (χ0v) is 15.4. The summed E-state index contributed by atoms with van der Waals surface area (Å²) in [5, 5.41) is 16.1. The van der Waals surface area contributed by atoms with Crippen molar-refractivity contribution in [2.24, 2.45) is 5.92 Å². The molecule has 2 unspecified atom stereocenters. The Balaban J connectivity index is 1.87. The minimum Gasteiger partial charge on any atom is -0.304 e. The molecule has 134 valence electrons. The summed E-state index contributed by atoms with van der Waals surface area (Å²) in [5.41, 5.74) is 2.21. The minimum absolute atomic E-state index is 0.110. The topological polar surface area (TPSA) is 86.0 Å². The maximum atomic E-state index is 12.2. The Labute approximate surface area is 156 Å². The van der Waals surface area contributed by atoms with E-state index in [1.54, 1.807) is 0 Å². The number of aromatic nitrogens is 3. The van der Waals surface area contributed by atoms with Crippen LogP contribution in [-0.4, -0.2) is 14.6 Å². The van der Waals surface area contributed by atoms with Gasteiger partial charge in [0, 0.05) is 29.9 Å². The van der Waals surface area contributed by atoms with E-state index in [2.05, 4.69) is 29.2 Å². The number of nitriles is 1. The Morgan fingerprint density at radius 3 is 2.77 bits per heavy atom. The van der Waals surface area contributed by atoms with Gasteiger partial charge in [-0.05, 0) is 23.6 Å². The smallest absolute Gasteiger partial charge is 0.272 e. The van der Waals surface area contributed by atoms with Gasteiger partial charge in [-0.1, -0.05) is 44.0 Å². The van der Waals surface area contributed by atoms with E-state index in [1.807, 2.05) is 30.3 Å². The molecule has 2 heterocycles. The second kappa shape index (κ2) is 7.73. The van der Waals surface area contributed by atoms with Gasteiger partial charge in [0.15, 0.2) is 5.65 Å². The highest BCUT2D eigenvalue weighted by Crippen LogP contribution is 2.26. The fourth-order valence-electron chi connectivity index (χ4n) is 2.97. The van der Waals surface area contributed by atoms with Gasteiger partial charge in [0.05, 0.1) is 5.69 Å². The second-order valence-electron chi connectivity index (χ2n) is 6.34. The molecule has 2 atom stereocenters. The van der Waals surface area contributed by atoms with E-state index in [9.17, 15) is 4.79 Å². The molecule has 1 aromatic carbocycles. The lowest BCUT2D eigenvalue weighted by Crippen LogP contribution is -2.28. The Morgan fingerprint density at radius 2 is 2.12 bits per heavy atom. The molecule has 0 bridgehead atoms. The van der Waals surface area contributed by atoms with Crippen molar-refractivity contribution in [2.45, 2.75) is 32.9 Å². The average Bonchev–Trinajstić information content (AvgIpc) is 3.06. The van der Waals surface area contributed by atoms with Gasteiger partial charge in [0.1, 0.15) is 11.6 Å². The van der Waals surface area contributed by atoms with Crippen LogP contribution in [0.4, 0.5) is 0 Å². The molecule has 0 aliphatic heterocycles. The van der Waals surface area contributed by atoms with Crippen molar-refractivity contribution < 1.29 is 0 Å². The summed E-state index contributed by atoms with van der Waals surface area (Å²) >= 11 is 6.00. The second-order valence-corrected chi connectivity index (χ2v) is 6.78. The summed E-state index contributed by atoms with van der Waals surface area (Å²) < 4.78 is 1.27. The number of hydrogen-bond donors (Lipinski definition) is 2. The van der Waals surface area contributed by atoms with Crippen LogP contribution < -0.4 is 10.9 Å². The van der Waals surface area contributed by atoms with Crippen LogP contribution in [0.5, 0.6) is 0 Å². The molecule has 6 nitrogen and oxygen atoms in total. The van der Waals surface area contributed by atoms with Crippen LogP contribution in [0.3, 0.4) is 0 Å². The number of halogens is 1. The molecule has 0 amide bonds. The largest absolute Gasteiger partial charge is 0.304 e. The van der Waals surface area contributed by atoms with Crippen molar-refractivity contribution in [2.75, 3.05) is 0 Å². The lowest BCUT2D eigenvalue weighted by atomic mass is 9.92. The van der Waals surface area contributed by atoms with Crippen LogP contribution in [0.1, 0.15) is 43.1 Å². The molecule has 3 aromatic rings. The molecular weight excluding hydrogens is 350 g/mol. The van der Waals surface area contributed by atoms with E-state index in [-0.39, 0.29) is 11.6 Å². The highest BCUT2D eigenvalue weighted by Gasteiger charge is 2.18. The third kappa shape index (κ3) is 3.64. The van der Waals surface area contributed by atoms with Gasteiger partial charge in [-0.2, -0.15) is 5.26 Å². The minimum atomic E-state index is -0.236. The fourth-order valence-corrected chi connectivity index (χ4v) is 3.10. The molecule has 0 radical (unpaired) electrons. The number of benzene rings is 1. The number of nitrogens with one attached hydrogen (secondary N) is 2. The number of hydrogen-bond acceptors (Lipinski definition) is 4. The predicted octanol–water partition coefficient (Wildman–Crippen LogP) is 3.42. The molecule has 0 fully saturated rings. The average molecular weight is 370 g/mol. The molecule has 2 aromatic heterocycles. The van der Waals surface area contributed by atoms with E-state index in [4.69, 9.17) is 16.9 Å². The van der Waals surface area contributed by atoms with Crippen molar-refractivity contribution in [1.82, 2.24) is 19.9 Å². The van der Waals surface area contributed by atoms with Crippen molar-refractivity contribution in [1.29, 1.82) is 5.26 Å². The highest BCUT2D eigenvalue weighted by molar-refractivity contribution is 6.30. The molecule has 7 heteroatoms. The Kier molecular flexibility index (Phi) is 5.40. The Hall–Kier alpha value is -2.62. The van der Waals surface area contributed by atoms with Crippen LogP contribution in [0.15, 0.2) is 41.3 Å². The Bertz CT molecular complexity index is 999. The van der Waals surface area contributed by atoms with Crippen LogP contribution in [0, 0.1) is 17.2 Å². The Morgan fingerprint density at radius 1 is 1.38 bits per heavy atom. The van der Waals surface area contributed by atoms with Crippen molar-refractivity contribution >= 4 is 17.2 Å². The lowest BCUT2D eigenvalue weighted by molar-refractivity contribution is 0.373. The van der Waals surface area contributed by atoms with Gasteiger partial charge in [0.2, 0.25) is 0 Å². The molecule has 0 aliphatic carbocycles. The third-order valence-electron chi connectivity index (χ3n) is 4.62. The van der Waals surface area contributed by atoms with Crippen LogP contribution in [-0.2, 0) is 6.54 Å². The number of rotatable bonds is 6. The van der Waals surface area contributed by atoms with Crippen molar-refractivity contribution in [3.63, 3.8) is 0 Å². The molecule has 0 aliphatic rings. The first kappa shape index (κ1) is 18.2. The van der Waals surface area contributed by atoms with E-state index in [0.29, 0.717) is 34.4 Å². The van der Waals surface area contributed by atoms with E-state index in [0.717, 1.165) is 12.0 Å². The SMILES string of the molecule is CCC(C)C(NCc1cc(=O)n2[nH]cc(C#N)c2n1)c1ccc(Cl)cc1. The molecule has 2 N–H and O–H groups in total. The molecule has 0 spiro atoms. The predicted molar refractivity (Wildman–Crippen MR) is 101 cm³/mol. The summed E-state index contributed by atoms with van der Waals surface area (Å²) in [7, 11) is 0. The van der Waals surface area contributed by atoms with Gasteiger partial charge in [0.25, 0.3) is 5.56 Å². The fraction of sp³-hybridized carbons (Fsp3) is 0.316. The summed E-state index contributed by atoms with van der Waals surface area (Å²) in [5.74, 6) is 0.392. The van der Waals surface area contributed by atoms with Crippen molar-refractivity contribution in [3.8, 4) is 6.07 Å². The standard InChI is InChI=1S/C19H20ClN5O/c1-3-12(2)18(13-4-6-15(20)7-5-13)22-11-16-8-17(26)25-19(24-16)14(9-21)10-23-25/h4-8,10,12,18,22-23H,3,11H2,1-2H3. The molecule has 26 heavy (non-hydrogen) atoms. The van der Waals surface area contributed by atoms with Gasteiger partial charge >= 0.3 is 0 Å². The zero-order valence-electron chi connectivity index (χ0n) is 14.7. The highest BCUT2D eigenvalue weighted by atomic mass is 35.5. The normalized spacial score (nSPS) is 13.5. The van der Waals surface area contributed by atoms with Gasteiger partial charge in [-0.15, -0.1) is 0 Å². The van der Waals surface area contributed by atoms with Gasteiger partial charge in [-0.3, -0.25) is 9.89 Å². The first-order valence-corrected chi connectivity index (χ1v) is 8.90. The zero-order chi connectivity index (χ0) is 18.7. The number of fused-ring (bicyclic) bond motifs is 1. The number of nitrogens with zero attached hydrogens (tertiary/aromatic N) is 3. The summed E-state index contributed by atoms with van der Waals surface area (Å²) in [4.78, 5) is 16.7. The summed E-state index contributed by atoms with van der Waals surface area (Å²) in [6.07, 6.45) is 2.49. The summed E-state index contributed by atoms with van der Waals surface area (Å²) in [6.45, 7) is 4.75. The monoisotopic (exact) mass is 369 g/mol. The molecular formula is C19H20ClN5O. The van der Waals surface area contributed by atoms with Gasteiger partial charge < -0.3 is 5.32 Å². The maximum Gasteiger partial charge on any atom is 0.272 e. The lowest BCUT2D eigenvalue weighted by Gasteiger charge is -2.25. The van der Waals surface area contributed by atoms with Crippen LogP contribution in [0.25, 0.3) is 5.65 Å². The third-order valence-corrected chi connectivity index (χ3v) is 4.87. The molecule has 0 saturated carbocycles. The maximum absolute atomic E-state index is 12.2. The molecule has 0 saturated heterocycles. The first-order valence-electron chi connectivity index (χ1n) is 8.52. The molecule has 3 rings (SSSR count). The van der Waals surface area contributed by atoms with Gasteiger partial charge in [-0.25, -0.2) is 9.50 Å². The van der Waals surface area contributed by atoms with E-state index >= 15 is 0 Å². The summed E-state index contributed by atoms with van der Waals surface area (Å²) in [6, 6.07) is 11.4. The van der Waals surface area contributed by atoms with E-state index in [1.165, 1.54) is 16.8 Å². The number of H-pyrrole nitrogens is 1. The van der Waals surface area contributed by atoms with Crippen LogP contribution in [0.2, 0.25) is 5.02 Å². The number of aromatic amines is 1. The van der Waals surface area contributed by atoms with Crippen LogP contribution >= 0.6 is 11.6 Å². The van der Waals surface area contributed by atoms with Crippen molar-refractivity contribution in [3.05, 3.63) is 68.7 Å². The quantitative estimate of drug-likeness (QED) is 0.697. The van der Waals surface area contributed by atoms with E-state index < -0.39 is 0 Å². The first-order chi connectivity index (χ1) is 12.5.